The van der Waals surface area contributed by atoms with Gasteiger partial charge in [-0.15, -0.1) is 0 Å². The van der Waals surface area contributed by atoms with Crippen molar-refractivity contribution in [2.24, 2.45) is 0 Å². The van der Waals surface area contributed by atoms with Crippen molar-refractivity contribution in [1.29, 1.82) is 5.26 Å². The number of carbonyl (C=O) groups is 2. The van der Waals surface area contributed by atoms with Gasteiger partial charge in [-0.2, -0.15) is 15.5 Å². The molecule has 9 heteroatoms. The van der Waals surface area contributed by atoms with Crippen molar-refractivity contribution in [3.63, 3.8) is 0 Å². The van der Waals surface area contributed by atoms with Gasteiger partial charge in [-0.3, -0.25) is 14.3 Å². The Labute approximate surface area is 207 Å². The highest BCUT2D eigenvalue weighted by Crippen LogP contribution is 2.31. The van der Waals surface area contributed by atoms with Crippen LogP contribution in [-0.4, -0.2) is 56.2 Å². The number of fused-ring (bicyclic) bond motifs is 1. The van der Waals surface area contributed by atoms with Crippen molar-refractivity contribution in [2.75, 3.05) is 20.2 Å². The molecule has 4 heterocycles. The van der Waals surface area contributed by atoms with E-state index < -0.39 is 0 Å². The van der Waals surface area contributed by atoms with Crippen LogP contribution in [0, 0.1) is 11.3 Å². The summed E-state index contributed by atoms with van der Waals surface area (Å²) in [5.74, 6) is 0.477. The van der Waals surface area contributed by atoms with Crippen LogP contribution in [0.15, 0.2) is 67.8 Å². The molecule has 0 radical (unpaired) electrons. The number of amides is 1. The Morgan fingerprint density at radius 2 is 2.00 bits per heavy atom. The first kappa shape index (κ1) is 23.1. The lowest BCUT2D eigenvalue weighted by atomic mass is 10.1. The Morgan fingerprint density at radius 1 is 1.19 bits per heavy atom. The van der Waals surface area contributed by atoms with Crippen LogP contribution in [0.5, 0.6) is 5.75 Å². The smallest absolute Gasteiger partial charge is 0.253 e. The highest BCUT2D eigenvalue weighted by atomic mass is 16.5. The van der Waals surface area contributed by atoms with Crippen LogP contribution in [0.4, 0.5) is 0 Å². The summed E-state index contributed by atoms with van der Waals surface area (Å²) in [6.07, 6.45) is 9.49. The highest BCUT2D eigenvalue weighted by Gasteiger charge is 2.29. The second kappa shape index (κ2) is 9.50. The number of benzene rings is 1. The topological polar surface area (TPSA) is 106 Å². The van der Waals surface area contributed by atoms with E-state index in [1.54, 1.807) is 30.0 Å². The molecule has 0 unspecified atom stereocenters. The number of hydrogen-bond donors (Lipinski definition) is 0. The lowest BCUT2D eigenvalue weighted by molar-refractivity contribution is -0.114. The molecule has 0 bridgehead atoms. The molecule has 9 nitrogen and oxygen atoms in total. The molecule has 1 amide bonds. The predicted molar refractivity (Wildman–Crippen MR) is 133 cm³/mol. The molecular weight excluding hydrogens is 456 g/mol. The van der Waals surface area contributed by atoms with E-state index in [2.05, 4.69) is 22.8 Å². The summed E-state index contributed by atoms with van der Waals surface area (Å²) in [5, 5.41) is 18.2. The number of allylic oxidation sites excluding steroid dienone is 1. The van der Waals surface area contributed by atoms with Crippen molar-refractivity contribution in [3.05, 3.63) is 84.5 Å². The lowest BCUT2D eigenvalue weighted by Crippen LogP contribution is -2.29. The first-order valence-corrected chi connectivity index (χ1v) is 11.5. The van der Waals surface area contributed by atoms with E-state index in [-0.39, 0.29) is 24.2 Å². The fraction of sp³-hybridized carbons (Fsp3) is 0.222. The molecule has 180 valence electrons. The Hall–Kier alpha value is -4.71. The van der Waals surface area contributed by atoms with E-state index in [0.717, 1.165) is 23.1 Å². The quantitative estimate of drug-likeness (QED) is 0.375. The molecule has 1 aromatic carbocycles. The molecule has 1 saturated heterocycles. The minimum Gasteiger partial charge on any atom is -0.494 e. The number of ether oxygens (including phenoxy) is 1. The number of aromatic nitrogens is 4. The van der Waals surface area contributed by atoms with Crippen LogP contribution in [0.25, 0.3) is 16.6 Å². The van der Waals surface area contributed by atoms with Crippen LogP contribution in [-0.2, 0) is 11.2 Å². The van der Waals surface area contributed by atoms with E-state index in [1.165, 1.54) is 12.3 Å². The molecule has 0 saturated carbocycles. The maximum Gasteiger partial charge on any atom is 0.253 e. The maximum atomic E-state index is 13.0. The summed E-state index contributed by atoms with van der Waals surface area (Å²) in [6, 6.07) is 11.2. The summed E-state index contributed by atoms with van der Waals surface area (Å²) in [4.78, 5) is 26.4. The third-order valence-electron chi connectivity index (χ3n) is 6.48. The zero-order chi connectivity index (χ0) is 25.2. The van der Waals surface area contributed by atoms with Crippen molar-refractivity contribution in [3.8, 4) is 22.9 Å². The summed E-state index contributed by atoms with van der Waals surface area (Å²) in [5.41, 5.74) is 4.28. The second-order valence-corrected chi connectivity index (χ2v) is 8.71. The number of pyridine rings is 1. The van der Waals surface area contributed by atoms with Gasteiger partial charge in [-0.1, -0.05) is 18.7 Å². The third kappa shape index (κ3) is 4.25. The maximum absolute atomic E-state index is 13.0. The molecule has 1 atom stereocenters. The standard InChI is InChI=1S/C27H24N6O3/c1-3-24(34)10-18-4-6-19(7-5-18)27(35)31-9-8-23(17-31)32-16-22(14-29-32)20-11-25(36-2)26-21(12-28)13-30-33(26)15-20/h3-7,11,13-16,23H,1,8-10,17H2,2H3/t23-/m0/s1. The molecule has 0 aliphatic carbocycles. The molecule has 1 aliphatic heterocycles. The third-order valence-corrected chi connectivity index (χ3v) is 6.48. The molecular formula is C27H24N6O3. The Kier molecular flexibility index (Phi) is 6.09. The Morgan fingerprint density at radius 3 is 2.72 bits per heavy atom. The number of hydrogen-bond acceptors (Lipinski definition) is 6. The average Bonchev–Trinajstić information content (AvgIpc) is 3.67. The number of methoxy groups -OCH3 is 1. The molecule has 0 spiro atoms. The number of nitriles is 1. The SMILES string of the molecule is C=CC(=O)Cc1ccc(C(=O)N2CC[C@H](n3cc(-c4cc(OC)c5c(C#N)cnn5c4)cn3)C2)cc1. The molecule has 3 aromatic heterocycles. The van der Waals surface area contributed by atoms with Gasteiger partial charge in [-0.05, 0) is 36.3 Å². The van der Waals surface area contributed by atoms with Crippen molar-refractivity contribution in [1.82, 2.24) is 24.3 Å². The van der Waals surface area contributed by atoms with Crippen LogP contribution in [0.1, 0.15) is 33.9 Å². The van der Waals surface area contributed by atoms with Crippen LogP contribution in [0.2, 0.25) is 0 Å². The number of likely N-dealkylation sites (tertiary alicyclic amines) is 1. The van der Waals surface area contributed by atoms with Crippen molar-refractivity contribution >= 4 is 17.2 Å². The van der Waals surface area contributed by atoms with Gasteiger partial charge in [0.2, 0.25) is 0 Å². The summed E-state index contributed by atoms with van der Waals surface area (Å²) < 4.78 is 9.04. The van der Waals surface area contributed by atoms with Gasteiger partial charge in [0.25, 0.3) is 5.91 Å². The zero-order valence-corrected chi connectivity index (χ0v) is 19.8. The molecule has 4 aromatic rings. The number of ketones is 1. The average molecular weight is 481 g/mol. The molecule has 36 heavy (non-hydrogen) atoms. The van der Waals surface area contributed by atoms with Crippen LogP contribution >= 0.6 is 0 Å². The van der Waals surface area contributed by atoms with Gasteiger partial charge in [0.1, 0.15) is 22.9 Å². The number of rotatable bonds is 7. The Bertz CT molecular complexity index is 1510. The van der Waals surface area contributed by atoms with Gasteiger partial charge >= 0.3 is 0 Å². The minimum atomic E-state index is -0.0510. The first-order chi connectivity index (χ1) is 17.5. The number of nitrogens with zero attached hydrogens (tertiary/aromatic N) is 6. The normalized spacial score (nSPS) is 15.1. The van der Waals surface area contributed by atoms with Crippen LogP contribution in [0.3, 0.4) is 0 Å². The minimum absolute atomic E-state index is 0.0337. The van der Waals surface area contributed by atoms with Gasteiger partial charge in [0.15, 0.2) is 5.78 Å². The molecule has 1 aliphatic rings. The van der Waals surface area contributed by atoms with E-state index in [4.69, 9.17) is 4.74 Å². The summed E-state index contributed by atoms with van der Waals surface area (Å²) >= 11 is 0. The first-order valence-electron chi connectivity index (χ1n) is 11.5. The van der Waals surface area contributed by atoms with E-state index in [0.29, 0.717) is 35.5 Å². The van der Waals surface area contributed by atoms with Gasteiger partial charge in [0, 0.05) is 48.6 Å². The van der Waals surface area contributed by atoms with Crippen LogP contribution < -0.4 is 4.74 Å². The lowest BCUT2D eigenvalue weighted by Gasteiger charge is -2.17. The van der Waals surface area contributed by atoms with Crippen molar-refractivity contribution < 1.29 is 14.3 Å². The fourth-order valence-corrected chi connectivity index (χ4v) is 4.53. The molecule has 5 rings (SSSR count). The van der Waals surface area contributed by atoms with Gasteiger partial charge in [0.05, 0.1) is 25.5 Å². The second-order valence-electron chi connectivity index (χ2n) is 8.71. The fourth-order valence-electron chi connectivity index (χ4n) is 4.53. The van der Waals surface area contributed by atoms with E-state index >= 15 is 0 Å². The highest BCUT2D eigenvalue weighted by molar-refractivity contribution is 5.95. The van der Waals surface area contributed by atoms with E-state index in [9.17, 15) is 14.9 Å². The Balaban J connectivity index is 1.30. The largest absolute Gasteiger partial charge is 0.494 e. The number of carbonyl (C=O) groups excluding carboxylic acids is 2. The zero-order valence-electron chi connectivity index (χ0n) is 19.8. The summed E-state index contributed by atoms with van der Waals surface area (Å²) in [7, 11) is 1.56. The van der Waals surface area contributed by atoms with Crippen molar-refractivity contribution in [2.45, 2.75) is 18.9 Å². The molecule has 1 fully saturated rings. The van der Waals surface area contributed by atoms with E-state index in [1.807, 2.05) is 40.2 Å². The van der Waals surface area contributed by atoms with Gasteiger partial charge in [-0.25, -0.2) is 4.52 Å². The summed E-state index contributed by atoms with van der Waals surface area (Å²) in [6.45, 7) is 4.69. The predicted octanol–water partition coefficient (Wildman–Crippen LogP) is 3.46. The molecule has 0 N–H and O–H groups in total. The van der Waals surface area contributed by atoms with Gasteiger partial charge < -0.3 is 9.64 Å². The monoisotopic (exact) mass is 480 g/mol.